The molecule has 0 amide bonds. The van der Waals surface area contributed by atoms with E-state index in [0.29, 0.717) is 0 Å². The van der Waals surface area contributed by atoms with E-state index in [1.807, 2.05) is 0 Å². The number of hydrogen-bond acceptors (Lipinski definition) is 9. The number of imidazole rings is 1. The van der Waals surface area contributed by atoms with Crippen LogP contribution >= 0.6 is 0 Å². The number of fused-ring (bicyclic) bond motifs is 1. The Morgan fingerprint density at radius 1 is 1.52 bits per heavy atom. The van der Waals surface area contributed by atoms with Crippen LogP contribution in [0.2, 0.25) is 0 Å². The largest absolute Gasteiger partial charge is 0.479 e. The van der Waals surface area contributed by atoms with Crippen LogP contribution in [0.25, 0.3) is 11.2 Å². The molecule has 0 radical (unpaired) electrons. The van der Waals surface area contributed by atoms with Crippen LogP contribution in [0.1, 0.15) is 12.6 Å². The van der Waals surface area contributed by atoms with Crippen LogP contribution < -0.4 is 10.5 Å². The summed E-state index contributed by atoms with van der Waals surface area (Å²) in [5.41, 5.74) is 6.13. The van der Waals surface area contributed by atoms with E-state index < -0.39 is 31.0 Å². The quantitative estimate of drug-likeness (QED) is 0.475. The van der Waals surface area contributed by atoms with Crippen LogP contribution in [-0.4, -0.2) is 66.2 Å². The van der Waals surface area contributed by atoms with Gasteiger partial charge in [0.1, 0.15) is 12.3 Å². The number of nitrogens with two attached hydrogens (primary N) is 1. The molecule has 23 heavy (non-hydrogen) atoms. The minimum Gasteiger partial charge on any atom is -0.479 e. The molecule has 0 unspecified atom stereocenters. The van der Waals surface area contributed by atoms with Gasteiger partial charge in [-0.25, -0.2) is 9.78 Å². The van der Waals surface area contributed by atoms with E-state index in [9.17, 15) is 9.90 Å². The fourth-order valence-electron chi connectivity index (χ4n) is 2.40. The van der Waals surface area contributed by atoms with E-state index >= 15 is 0 Å². The number of hydrogen-bond donors (Lipinski definition) is 4. The first kappa shape index (κ1) is 15.4. The van der Waals surface area contributed by atoms with Gasteiger partial charge in [0.15, 0.2) is 17.8 Å². The molecule has 11 heteroatoms. The summed E-state index contributed by atoms with van der Waals surface area (Å²) < 4.78 is 12.1. The summed E-state index contributed by atoms with van der Waals surface area (Å²) in [6.45, 7) is -0.905. The second kappa shape index (κ2) is 5.95. The Labute approximate surface area is 129 Å². The summed E-state index contributed by atoms with van der Waals surface area (Å²) in [6, 6.07) is 0. The number of anilines is 1. The lowest BCUT2D eigenvalue weighted by atomic mass is 10.2. The number of aliphatic hydroxyl groups excluding tert-OH is 2. The number of carboxylic acids is 1. The third kappa shape index (κ3) is 2.88. The molecule has 11 nitrogen and oxygen atoms in total. The molecule has 2 aromatic heterocycles. The first-order chi connectivity index (χ1) is 11.0. The van der Waals surface area contributed by atoms with E-state index in [-0.39, 0.29) is 36.0 Å². The summed E-state index contributed by atoms with van der Waals surface area (Å²) in [5.74, 6) is -1.33. The predicted octanol–water partition coefficient (Wildman–Crippen LogP) is -1.49. The molecular weight excluding hydrogens is 312 g/mol. The van der Waals surface area contributed by atoms with Crippen molar-refractivity contribution in [3.05, 3.63) is 6.33 Å². The first-order valence-electron chi connectivity index (χ1n) is 6.78. The van der Waals surface area contributed by atoms with Gasteiger partial charge < -0.3 is 30.5 Å². The summed E-state index contributed by atoms with van der Waals surface area (Å²) in [5, 5.41) is 27.6. The van der Waals surface area contributed by atoms with E-state index in [0.717, 1.165) is 0 Å². The third-order valence-corrected chi connectivity index (χ3v) is 3.43. The number of ether oxygens (including phenoxy) is 2. The average Bonchev–Trinajstić information content (AvgIpc) is 3.07. The van der Waals surface area contributed by atoms with Crippen LogP contribution in [-0.2, 0) is 9.53 Å². The van der Waals surface area contributed by atoms with Crippen molar-refractivity contribution in [3.63, 3.8) is 0 Å². The number of nitrogen functional groups attached to an aromatic ring is 1. The highest BCUT2D eigenvalue weighted by Crippen LogP contribution is 2.32. The van der Waals surface area contributed by atoms with E-state index in [4.69, 9.17) is 25.4 Å². The maximum atomic E-state index is 10.6. The zero-order valence-electron chi connectivity index (χ0n) is 11.9. The molecule has 2 aromatic rings. The lowest BCUT2D eigenvalue weighted by Crippen LogP contribution is -2.24. The smallest absolute Gasteiger partial charge is 0.341 e. The van der Waals surface area contributed by atoms with Crippen molar-refractivity contribution in [3.8, 4) is 5.88 Å². The topological polar surface area (TPSA) is 166 Å². The molecule has 0 saturated carbocycles. The number of rotatable bonds is 5. The normalized spacial score (nSPS) is 24.2. The summed E-state index contributed by atoms with van der Waals surface area (Å²) >= 11 is 0. The molecule has 5 N–H and O–H groups in total. The maximum absolute atomic E-state index is 10.6. The number of carboxylic acid groups (broad SMARTS) is 1. The van der Waals surface area contributed by atoms with Crippen molar-refractivity contribution < 1.29 is 29.6 Å². The number of carbonyl (C=O) groups is 1. The first-order valence-corrected chi connectivity index (χ1v) is 6.78. The van der Waals surface area contributed by atoms with Gasteiger partial charge >= 0.3 is 5.97 Å². The Bertz CT molecular complexity index is 734. The minimum atomic E-state index is -1.16. The lowest BCUT2D eigenvalue weighted by molar-refractivity contribution is -0.139. The fourth-order valence-corrected chi connectivity index (χ4v) is 2.40. The number of aliphatic hydroxyl groups is 2. The fraction of sp³-hybridized carbons (Fsp3) is 0.500. The summed E-state index contributed by atoms with van der Waals surface area (Å²) in [6.07, 6.45) is -0.451. The standard InChI is InChI=1S/C12H15N5O6/c13-12-15-10-9(11(16-12)22-3-8(20)21)14-4-17(10)7-1-5(19)6(2-18)23-7/h4-7,18-19H,1-3H2,(H,20,21)(H2,13,15,16)/t5-,6+,7+/m0/s1/i3+1,8+1. The second-order valence-corrected chi connectivity index (χ2v) is 5.01. The number of nitrogens with zero attached hydrogens (tertiary/aromatic N) is 4. The highest BCUT2D eigenvalue weighted by molar-refractivity contribution is 5.78. The second-order valence-electron chi connectivity index (χ2n) is 5.01. The molecule has 0 aliphatic carbocycles. The zero-order chi connectivity index (χ0) is 16.6. The molecule has 1 aliphatic rings. The predicted molar refractivity (Wildman–Crippen MR) is 74.5 cm³/mol. The molecule has 0 bridgehead atoms. The Morgan fingerprint density at radius 2 is 2.30 bits per heavy atom. The molecule has 1 saturated heterocycles. The van der Waals surface area contributed by atoms with Gasteiger partial charge in [0.25, 0.3) is 0 Å². The van der Waals surface area contributed by atoms with Crippen LogP contribution in [0.15, 0.2) is 6.33 Å². The Balaban J connectivity index is 1.96. The van der Waals surface area contributed by atoms with E-state index in [1.54, 1.807) is 0 Å². The Hall–Kier alpha value is -2.50. The van der Waals surface area contributed by atoms with Gasteiger partial charge in [-0.2, -0.15) is 9.97 Å². The molecule has 124 valence electrons. The summed E-state index contributed by atoms with van der Waals surface area (Å²) in [4.78, 5) is 22.6. The van der Waals surface area contributed by atoms with Crippen molar-refractivity contribution in [2.45, 2.75) is 24.9 Å². The van der Waals surface area contributed by atoms with Crippen LogP contribution in [0.3, 0.4) is 0 Å². The Kier molecular flexibility index (Phi) is 3.98. The van der Waals surface area contributed by atoms with E-state index in [1.165, 1.54) is 10.9 Å². The van der Waals surface area contributed by atoms with Crippen molar-refractivity contribution >= 4 is 23.1 Å². The minimum absolute atomic E-state index is 0.0501. The molecule has 1 fully saturated rings. The van der Waals surface area contributed by atoms with Crippen LogP contribution in [0, 0.1) is 0 Å². The molecule has 3 atom stereocenters. The lowest BCUT2D eigenvalue weighted by Gasteiger charge is -2.13. The number of aromatic nitrogens is 4. The highest BCUT2D eigenvalue weighted by Gasteiger charge is 2.35. The molecule has 3 rings (SSSR count). The number of aliphatic carboxylic acids is 1. The Morgan fingerprint density at radius 3 is 2.96 bits per heavy atom. The molecule has 0 spiro atoms. The van der Waals surface area contributed by atoms with Gasteiger partial charge in [-0.15, -0.1) is 0 Å². The highest BCUT2D eigenvalue weighted by atomic mass is 16.6. The molecule has 0 aromatic carbocycles. The summed E-state index contributed by atoms with van der Waals surface area (Å²) in [7, 11) is 0. The molecular formula is C12H15N5O6. The van der Waals surface area contributed by atoms with Gasteiger partial charge in [0.2, 0.25) is 11.8 Å². The maximum Gasteiger partial charge on any atom is 0.341 e. The van der Waals surface area contributed by atoms with Crippen LogP contribution in [0.5, 0.6) is 5.88 Å². The van der Waals surface area contributed by atoms with Crippen molar-refractivity contribution in [1.29, 1.82) is 0 Å². The van der Waals surface area contributed by atoms with Gasteiger partial charge in [0, 0.05) is 6.42 Å². The van der Waals surface area contributed by atoms with Crippen molar-refractivity contribution in [1.82, 2.24) is 19.5 Å². The molecule has 1 aliphatic heterocycles. The van der Waals surface area contributed by atoms with Gasteiger partial charge in [-0.1, -0.05) is 0 Å². The SMILES string of the molecule is Nc1nc(O[13CH2][13C](=O)O)c2ncn([C@H]3C[C@H](O)[C@@H](CO)O3)c2n1. The third-order valence-electron chi connectivity index (χ3n) is 3.43. The van der Waals surface area contributed by atoms with Gasteiger partial charge in [0.05, 0.1) is 19.0 Å². The van der Waals surface area contributed by atoms with Crippen LogP contribution in [0.4, 0.5) is 5.95 Å². The van der Waals surface area contributed by atoms with Crippen molar-refractivity contribution in [2.24, 2.45) is 0 Å². The van der Waals surface area contributed by atoms with Gasteiger partial charge in [-0.3, -0.25) is 4.57 Å². The van der Waals surface area contributed by atoms with Gasteiger partial charge in [-0.05, 0) is 0 Å². The van der Waals surface area contributed by atoms with E-state index in [2.05, 4.69) is 15.0 Å². The monoisotopic (exact) mass is 327 g/mol. The van der Waals surface area contributed by atoms with Crippen molar-refractivity contribution in [2.75, 3.05) is 18.9 Å². The molecule has 3 heterocycles. The average molecular weight is 327 g/mol. The zero-order valence-corrected chi connectivity index (χ0v) is 11.9.